The van der Waals surface area contributed by atoms with Gasteiger partial charge in [0, 0.05) is 86.2 Å². The maximum atomic E-state index is 14.7. The van der Waals surface area contributed by atoms with Gasteiger partial charge in [-0.05, 0) is 81.5 Å². The van der Waals surface area contributed by atoms with E-state index in [1.54, 1.807) is 30.5 Å². The number of amides is 7. The lowest BCUT2D eigenvalue weighted by atomic mass is 9.83. The zero-order valence-corrected chi connectivity index (χ0v) is 43.0. The first kappa shape index (κ1) is 60.0. The van der Waals surface area contributed by atoms with Crippen molar-refractivity contribution in [2.75, 3.05) is 19.6 Å². The van der Waals surface area contributed by atoms with Crippen LogP contribution in [0, 0.1) is 11.8 Å². The molecular formula is C50H71ClN14O10. The number of aliphatic hydroxyl groups excluding tert-OH is 1. The zero-order valence-electron chi connectivity index (χ0n) is 42.2. The van der Waals surface area contributed by atoms with E-state index < -0.39 is 114 Å². The van der Waals surface area contributed by atoms with Gasteiger partial charge in [-0.15, -0.1) is 0 Å². The average Bonchev–Trinajstić information content (AvgIpc) is 3.76. The van der Waals surface area contributed by atoms with Crippen LogP contribution in [0.2, 0.25) is 5.02 Å². The highest BCUT2D eigenvalue weighted by Crippen LogP contribution is 2.27. The molecule has 2 heterocycles. The van der Waals surface area contributed by atoms with Crippen LogP contribution in [0.1, 0.15) is 89.2 Å². The largest absolute Gasteiger partial charge is 0.391 e. The number of carbonyl (C=O) groups excluding carboxylic acids is 9. The number of benzene rings is 2. The van der Waals surface area contributed by atoms with Crippen molar-refractivity contribution in [3.63, 3.8) is 0 Å². The van der Waals surface area contributed by atoms with E-state index in [4.69, 9.17) is 40.3 Å². The zero-order chi connectivity index (χ0) is 55.2. The smallest absolute Gasteiger partial charge is 0.245 e. The number of nitrogens with two attached hydrogens (primary N) is 5. The summed E-state index contributed by atoms with van der Waals surface area (Å²) < 4.78 is 0. The monoisotopic (exact) mass is 1060 g/mol. The number of rotatable bonds is 17. The second kappa shape index (κ2) is 29.9. The second-order valence-electron chi connectivity index (χ2n) is 18.6. The molecule has 0 saturated carbocycles. The number of nitrogens with one attached hydrogen (secondary N) is 7. The van der Waals surface area contributed by atoms with Crippen molar-refractivity contribution in [2.24, 2.45) is 50.5 Å². The Bertz CT molecular complexity index is 2560. The summed E-state index contributed by atoms with van der Waals surface area (Å²) in [5.41, 5.74) is 29.7. The predicted octanol–water partition coefficient (Wildman–Crippen LogP) is -1.14. The van der Waals surface area contributed by atoms with E-state index in [1.165, 1.54) is 13.8 Å². The Morgan fingerprint density at radius 1 is 0.787 bits per heavy atom. The van der Waals surface area contributed by atoms with E-state index >= 15 is 0 Å². The van der Waals surface area contributed by atoms with Gasteiger partial charge in [-0.1, -0.05) is 48.0 Å². The first-order chi connectivity index (χ1) is 35.6. The fourth-order valence-corrected chi connectivity index (χ4v) is 8.84. The fraction of sp³-hybridized carbons (Fsp3) is 0.500. The van der Waals surface area contributed by atoms with Crippen molar-refractivity contribution in [2.45, 2.75) is 127 Å². The standard InChI is InChI=1S/C50H71ClN14O10/c1-27(66)43-48(75)64-39(23-29-10-3-5-13-34(29)51)41(69)24-30(11-7-20-58-49(53)54)40(68)25-31(22-32-26-60-35-14-6-4-12-33(32)35)45(72)62-36(44(52)71)15-8-19-57-42(70)18-17-38(47(74)65-43)63-46(73)37(61-28(2)67)16-9-21-59-50(55)56/h3-6,10,12-14,26-27,30-31,36-39,43,60,66H,7-9,11,15-25H2,1-2H3,(H2,52,71)(H,57,70)(H,61,67)(H,62,72)(H,63,73)(H,64,75)(H,65,74)(H4,53,54,58)(H4,55,56,59)/t27-,30-,31-,36+,37+,38+,39-,43+/m1/s1. The van der Waals surface area contributed by atoms with Gasteiger partial charge in [-0.2, -0.15) is 0 Å². The number of guanidine groups is 2. The Kier molecular flexibility index (Phi) is 23.9. The maximum absolute atomic E-state index is 14.7. The average molecular weight is 1060 g/mol. The molecule has 8 atom stereocenters. The number of para-hydroxylation sites is 1. The fourth-order valence-electron chi connectivity index (χ4n) is 8.62. The molecule has 2 aromatic carbocycles. The molecule has 7 amide bonds. The predicted molar refractivity (Wildman–Crippen MR) is 281 cm³/mol. The van der Waals surface area contributed by atoms with E-state index in [2.05, 4.69) is 46.9 Å². The number of aromatic nitrogens is 1. The number of fused-ring (bicyclic) bond motifs is 1. The quantitative estimate of drug-likeness (QED) is 0.0432. The number of ketones is 2. The van der Waals surface area contributed by atoms with Gasteiger partial charge in [-0.25, -0.2) is 0 Å². The summed E-state index contributed by atoms with van der Waals surface area (Å²) in [6.45, 7) is 2.57. The number of H-pyrrole nitrogens is 1. The molecule has 4 rings (SSSR count). The number of primary amides is 1. The van der Waals surface area contributed by atoms with Crippen molar-refractivity contribution in [3.05, 3.63) is 70.9 Å². The number of hydrogen-bond acceptors (Lipinski definition) is 12. The van der Waals surface area contributed by atoms with Crippen LogP contribution in [-0.2, 0) is 56.0 Å². The van der Waals surface area contributed by atoms with E-state index in [1.807, 2.05) is 24.3 Å². The van der Waals surface area contributed by atoms with Crippen LogP contribution >= 0.6 is 11.6 Å². The molecule has 1 aliphatic heterocycles. The third-order valence-electron chi connectivity index (χ3n) is 12.6. The minimum absolute atomic E-state index is 0.0193. The lowest BCUT2D eigenvalue weighted by Crippen LogP contribution is -2.60. The molecule has 24 nitrogen and oxygen atoms in total. The highest BCUT2D eigenvalue weighted by Gasteiger charge is 2.36. The van der Waals surface area contributed by atoms with Crippen LogP contribution < -0.4 is 60.6 Å². The molecular weight excluding hydrogens is 992 g/mol. The minimum Gasteiger partial charge on any atom is -0.391 e. The number of aliphatic imine (C=N–C) groups is 2. The summed E-state index contributed by atoms with van der Waals surface area (Å²) in [5, 5.41) is 27.6. The van der Waals surface area contributed by atoms with Gasteiger partial charge in [-0.3, -0.25) is 53.1 Å². The molecule has 0 aliphatic carbocycles. The Labute approximate surface area is 439 Å². The topological polar surface area (TPSA) is 417 Å². The second-order valence-corrected chi connectivity index (χ2v) is 19.0. The number of aromatic amines is 1. The van der Waals surface area contributed by atoms with Crippen molar-refractivity contribution in [1.82, 2.24) is 36.9 Å². The molecule has 18 N–H and O–H groups in total. The highest BCUT2D eigenvalue weighted by molar-refractivity contribution is 6.31. The molecule has 0 spiro atoms. The van der Waals surface area contributed by atoms with Gasteiger partial charge < -0.3 is 70.7 Å². The Hall–Kier alpha value is -7.60. The first-order valence-corrected chi connectivity index (χ1v) is 25.2. The molecule has 25 heteroatoms. The van der Waals surface area contributed by atoms with Gasteiger partial charge in [0.05, 0.1) is 12.1 Å². The van der Waals surface area contributed by atoms with Gasteiger partial charge in [0.25, 0.3) is 0 Å². The van der Waals surface area contributed by atoms with Crippen molar-refractivity contribution in [1.29, 1.82) is 0 Å². The summed E-state index contributed by atoms with van der Waals surface area (Å²) >= 11 is 6.57. The van der Waals surface area contributed by atoms with Crippen LogP contribution in [0.3, 0.4) is 0 Å². The normalized spacial score (nSPS) is 21.8. The minimum atomic E-state index is -1.77. The van der Waals surface area contributed by atoms with E-state index in [9.17, 15) is 48.3 Å². The SMILES string of the molecule is CC(=O)N[C@@H](CCCN=C(N)N)C(=O)N[C@H]1CCC(=O)NCCC[C@@H](C(N)=O)NC(=O)[C@H](Cc2c[nH]c3ccccc23)CC(=O)[C@H](CCCN=C(N)N)CC(=O)[C@@H](Cc2ccccc2Cl)NC(=O)[C@H]([C@@H](C)O)NC1=O. The van der Waals surface area contributed by atoms with Crippen molar-refractivity contribution >= 4 is 87.3 Å². The molecule has 408 valence electrons. The lowest BCUT2D eigenvalue weighted by molar-refractivity contribution is -0.137. The van der Waals surface area contributed by atoms with Crippen molar-refractivity contribution < 1.29 is 48.3 Å². The molecule has 1 fully saturated rings. The molecule has 1 aliphatic rings. The van der Waals surface area contributed by atoms with E-state index in [0.717, 1.165) is 10.9 Å². The molecule has 75 heavy (non-hydrogen) atoms. The van der Waals surface area contributed by atoms with Crippen LogP contribution in [0.5, 0.6) is 0 Å². The van der Waals surface area contributed by atoms with Gasteiger partial charge in [0.1, 0.15) is 30.0 Å². The van der Waals surface area contributed by atoms with Gasteiger partial charge in [0.2, 0.25) is 41.4 Å². The Morgan fingerprint density at radius 3 is 2.12 bits per heavy atom. The number of hydrogen-bond donors (Lipinski definition) is 13. The summed E-state index contributed by atoms with van der Waals surface area (Å²) in [7, 11) is 0. The molecule has 0 bridgehead atoms. The molecule has 0 radical (unpaired) electrons. The summed E-state index contributed by atoms with van der Waals surface area (Å²) in [6.07, 6.45) is -1.03. The molecule has 0 unspecified atom stereocenters. The summed E-state index contributed by atoms with van der Waals surface area (Å²) in [5.74, 6) is -9.27. The van der Waals surface area contributed by atoms with Gasteiger partial charge in [0.15, 0.2) is 17.7 Å². The molecule has 1 saturated heterocycles. The number of nitrogens with zero attached hydrogens (tertiary/aromatic N) is 2. The van der Waals surface area contributed by atoms with Crippen LogP contribution in [-0.4, -0.2) is 131 Å². The van der Waals surface area contributed by atoms with Crippen LogP contribution in [0.25, 0.3) is 10.9 Å². The molecule has 3 aromatic rings. The number of aliphatic hydroxyl groups is 1. The third-order valence-corrected chi connectivity index (χ3v) is 13.0. The summed E-state index contributed by atoms with van der Waals surface area (Å²) in [4.78, 5) is 136. The first-order valence-electron chi connectivity index (χ1n) is 24.8. The Balaban J connectivity index is 1.78. The van der Waals surface area contributed by atoms with E-state index in [-0.39, 0.29) is 101 Å². The highest BCUT2D eigenvalue weighted by atomic mass is 35.5. The van der Waals surface area contributed by atoms with Crippen LogP contribution in [0.15, 0.2) is 64.7 Å². The maximum Gasteiger partial charge on any atom is 0.245 e. The third kappa shape index (κ3) is 20.0. The van der Waals surface area contributed by atoms with Crippen LogP contribution in [0.4, 0.5) is 0 Å². The number of carbonyl (C=O) groups is 9. The Morgan fingerprint density at radius 2 is 1.45 bits per heavy atom. The van der Waals surface area contributed by atoms with Crippen molar-refractivity contribution in [3.8, 4) is 0 Å². The number of halogens is 1. The summed E-state index contributed by atoms with van der Waals surface area (Å²) in [6, 6.07) is 6.71. The lowest BCUT2D eigenvalue weighted by Gasteiger charge is -2.28. The molecule has 1 aromatic heterocycles. The number of Topliss-reactive ketones (excluding diaryl/α,β-unsaturated/α-hetero) is 2. The van der Waals surface area contributed by atoms with Gasteiger partial charge >= 0.3 is 0 Å². The van der Waals surface area contributed by atoms with E-state index in [0.29, 0.717) is 11.1 Å².